The molecule has 76 valence electrons. The van der Waals surface area contributed by atoms with Crippen LogP contribution in [0.5, 0.6) is 0 Å². The van der Waals surface area contributed by atoms with Crippen LogP contribution in [0, 0.1) is 5.92 Å². The number of hydrogen-bond donors (Lipinski definition) is 2. The lowest BCUT2D eigenvalue weighted by Crippen LogP contribution is -2.03. The highest BCUT2D eigenvalue weighted by Crippen LogP contribution is 2.32. The van der Waals surface area contributed by atoms with E-state index in [2.05, 4.69) is 21.7 Å². The summed E-state index contributed by atoms with van der Waals surface area (Å²) >= 11 is 0. The molecular weight excluding hydrogens is 174 g/mol. The topological polar surface area (TPSA) is 37.0 Å². The molecule has 0 spiro atoms. The van der Waals surface area contributed by atoms with Gasteiger partial charge in [0.2, 0.25) is 0 Å². The number of anilines is 2. The van der Waals surface area contributed by atoms with Gasteiger partial charge < -0.3 is 10.6 Å². The number of nitrogens with one attached hydrogen (secondary N) is 2. The second kappa shape index (κ2) is 4.31. The van der Waals surface area contributed by atoms with E-state index in [0.29, 0.717) is 0 Å². The largest absolute Gasteiger partial charge is 0.387 e. The second-order valence-corrected chi connectivity index (χ2v) is 3.87. The van der Waals surface area contributed by atoms with Gasteiger partial charge in [0.25, 0.3) is 0 Å². The van der Waals surface area contributed by atoms with Gasteiger partial charge in [-0.15, -0.1) is 0 Å². The Kier molecular flexibility index (Phi) is 2.87. The van der Waals surface area contributed by atoms with E-state index in [9.17, 15) is 0 Å². The minimum Gasteiger partial charge on any atom is -0.387 e. The summed E-state index contributed by atoms with van der Waals surface area (Å²) in [5.74, 6) is 0.989. The molecule has 1 aliphatic rings. The van der Waals surface area contributed by atoms with Crippen molar-refractivity contribution in [1.29, 1.82) is 0 Å². The number of hydrogen-bond acceptors (Lipinski definition) is 3. The van der Waals surface area contributed by atoms with Crippen LogP contribution >= 0.6 is 0 Å². The Labute approximate surface area is 84.9 Å². The standard InChI is InChI=1S/C11H17N3/c1-12-10-6-11(8-13-7-10)14-5-4-9-2-3-9/h6-9,12,14H,2-5H2,1H3. The van der Waals surface area contributed by atoms with Crippen molar-refractivity contribution in [1.82, 2.24) is 4.98 Å². The van der Waals surface area contributed by atoms with Gasteiger partial charge in [-0.05, 0) is 18.4 Å². The van der Waals surface area contributed by atoms with Crippen molar-refractivity contribution < 1.29 is 0 Å². The molecule has 0 radical (unpaired) electrons. The quantitative estimate of drug-likeness (QED) is 0.750. The normalized spacial score (nSPS) is 15.2. The molecule has 0 atom stereocenters. The Hall–Kier alpha value is -1.25. The van der Waals surface area contributed by atoms with Gasteiger partial charge in [0, 0.05) is 13.6 Å². The van der Waals surface area contributed by atoms with Gasteiger partial charge >= 0.3 is 0 Å². The predicted octanol–water partition coefficient (Wildman–Crippen LogP) is 2.34. The van der Waals surface area contributed by atoms with E-state index >= 15 is 0 Å². The molecule has 2 rings (SSSR count). The summed E-state index contributed by atoms with van der Waals surface area (Å²) in [6, 6.07) is 2.08. The van der Waals surface area contributed by atoms with Gasteiger partial charge in [-0.25, -0.2) is 0 Å². The van der Waals surface area contributed by atoms with Crippen molar-refractivity contribution in [2.75, 3.05) is 24.2 Å². The highest BCUT2D eigenvalue weighted by molar-refractivity contribution is 5.53. The molecule has 0 amide bonds. The van der Waals surface area contributed by atoms with Crippen molar-refractivity contribution in [3.05, 3.63) is 18.5 Å². The van der Waals surface area contributed by atoms with Crippen LogP contribution in [0.1, 0.15) is 19.3 Å². The van der Waals surface area contributed by atoms with E-state index in [1.54, 1.807) is 0 Å². The molecule has 1 saturated carbocycles. The molecule has 14 heavy (non-hydrogen) atoms. The van der Waals surface area contributed by atoms with Crippen molar-refractivity contribution in [2.24, 2.45) is 5.92 Å². The summed E-state index contributed by atoms with van der Waals surface area (Å²) in [5, 5.41) is 6.46. The second-order valence-electron chi connectivity index (χ2n) is 3.87. The highest BCUT2D eigenvalue weighted by atomic mass is 14.9. The van der Waals surface area contributed by atoms with Gasteiger partial charge in [-0.3, -0.25) is 4.98 Å². The third kappa shape index (κ3) is 2.62. The Morgan fingerprint density at radius 3 is 2.86 bits per heavy atom. The number of pyridine rings is 1. The van der Waals surface area contributed by atoms with Crippen molar-refractivity contribution in [3.8, 4) is 0 Å². The highest BCUT2D eigenvalue weighted by Gasteiger charge is 2.19. The predicted molar refractivity (Wildman–Crippen MR) is 59.6 cm³/mol. The van der Waals surface area contributed by atoms with Gasteiger partial charge in [-0.1, -0.05) is 12.8 Å². The average molecular weight is 191 g/mol. The SMILES string of the molecule is CNc1cncc(NCCC2CC2)c1. The van der Waals surface area contributed by atoms with E-state index in [0.717, 1.165) is 23.8 Å². The first-order valence-corrected chi connectivity index (χ1v) is 5.25. The van der Waals surface area contributed by atoms with Crippen molar-refractivity contribution in [3.63, 3.8) is 0 Å². The molecule has 1 aromatic heterocycles. The van der Waals surface area contributed by atoms with Crippen LogP contribution in [0.4, 0.5) is 11.4 Å². The van der Waals surface area contributed by atoms with Crippen molar-refractivity contribution >= 4 is 11.4 Å². The summed E-state index contributed by atoms with van der Waals surface area (Å²) in [4.78, 5) is 4.14. The first-order valence-electron chi connectivity index (χ1n) is 5.25. The van der Waals surface area contributed by atoms with Crippen LogP contribution in [-0.4, -0.2) is 18.6 Å². The maximum Gasteiger partial charge on any atom is 0.0547 e. The Bertz CT molecular complexity index is 294. The fourth-order valence-corrected chi connectivity index (χ4v) is 1.50. The number of rotatable bonds is 5. The number of aromatic nitrogens is 1. The fourth-order valence-electron chi connectivity index (χ4n) is 1.50. The maximum absolute atomic E-state index is 4.14. The third-order valence-electron chi connectivity index (χ3n) is 2.61. The zero-order valence-electron chi connectivity index (χ0n) is 8.59. The minimum atomic E-state index is 0.989. The molecule has 0 bridgehead atoms. The molecule has 0 aromatic carbocycles. The molecule has 0 saturated heterocycles. The molecule has 1 fully saturated rings. The third-order valence-corrected chi connectivity index (χ3v) is 2.61. The molecule has 1 heterocycles. The number of nitrogens with zero attached hydrogens (tertiary/aromatic N) is 1. The Morgan fingerprint density at radius 2 is 2.14 bits per heavy atom. The zero-order valence-corrected chi connectivity index (χ0v) is 8.59. The molecule has 0 unspecified atom stereocenters. The maximum atomic E-state index is 4.14. The van der Waals surface area contributed by atoms with Gasteiger partial charge in [0.15, 0.2) is 0 Å². The van der Waals surface area contributed by atoms with Crippen LogP contribution in [0.3, 0.4) is 0 Å². The smallest absolute Gasteiger partial charge is 0.0547 e. The van der Waals surface area contributed by atoms with E-state index in [-0.39, 0.29) is 0 Å². The van der Waals surface area contributed by atoms with Gasteiger partial charge in [0.1, 0.15) is 0 Å². The van der Waals surface area contributed by atoms with Crippen LogP contribution in [0.2, 0.25) is 0 Å². The summed E-state index contributed by atoms with van der Waals surface area (Å²) in [6.07, 6.45) is 7.84. The van der Waals surface area contributed by atoms with Crippen LogP contribution in [0.25, 0.3) is 0 Å². The first-order chi connectivity index (χ1) is 6.88. The first kappa shape index (κ1) is 9.31. The monoisotopic (exact) mass is 191 g/mol. The molecule has 3 nitrogen and oxygen atoms in total. The van der Waals surface area contributed by atoms with Crippen LogP contribution in [0.15, 0.2) is 18.5 Å². The van der Waals surface area contributed by atoms with Crippen LogP contribution in [-0.2, 0) is 0 Å². The van der Waals surface area contributed by atoms with Crippen molar-refractivity contribution in [2.45, 2.75) is 19.3 Å². The lowest BCUT2D eigenvalue weighted by molar-refractivity contribution is 0.760. The Balaban J connectivity index is 1.81. The zero-order chi connectivity index (χ0) is 9.80. The van der Waals surface area contributed by atoms with E-state index in [4.69, 9.17) is 0 Å². The summed E-state index contributed by atoms with van der Waals surface area (Å²) in [5.41, 5.74) is 2.17. The summed E-state index contributed by atoms with van der Waals surface area (Å²) < 4.78 is 0. The fraction of sp³-hybridized carbons (Fsp3) is 0.545. The Morgan fingerprint density at radius 1 is 1.36 bits per heavy atom. The van der Waals surface area contributed by atoms with Crippen LogP contribution < -0.4 is 10.6 Å². The average Bonchev–Trinajstić information content (AvgIpc) is 3.02. The lowest BCUT2D eigenvalue weighted by Gasteiger charge is -2.06. The molecule has 0 aliphatic heterocycles. The van der Waals surface area contributed by atoms with E-state index in [1.807, 2.05) is 19.4 Å². The minimum absolute atomic E-state index is 0.989. The molecule has 1 aliphatic carbocycles. The molecule has 3 heteroatoms. The van der Waals surface area contributed by atoms with Gasteiger partial charge in [0.05, 0.1) is 23.8 Å². The molecule has 2 N–H and O–H groups in total. The summed E-state index contributed by atoms with van der Waals surface area (Å²) in [6.45, 7) is 1.07. The van der Waals surface area contributed by atoms with Gasteiger partial charge in [-0.2, -0.15) is 0 Å². The van der Waals surface area contributed by atoms with E-state index in [1.165, 1.54) is 19.3 Å². The lowest BCUT2D eigenvalue weighted by atomic mass is 10.3. The summed E-state index contributed by atoms with van der Waals surface area (Å²) in [7, 11) is 1.91. The molecule has 1 aromatic rings. The molecular formula is C11H17N3. The van der Waals surface area contributed by atoms with E-state index < -0.39 is 0 Å².